The minimum Gasteiger partial charge on any atom is -0.395 e. The number of nitro groups is 1. The number of furan rings is 1. The highest BCUT2D eigenvalue weighted by Gasteiger charge is 2.24. The molecular formula is C17H18N4O5. The summed E-state index contributed by atoms with van der Waals surface area (Å²) in [6, 6.07) is 8.99. The van der Waals surface area contributed by atoms with Gasteiger partial charge in [0.1, 0.15) is 4.92 Å². The zero-order valence-electron chi connectivity index (χ0n) is 14.2. The Balaban J connectivity index is 1.77. The van der Waals surface area contributed by atoms with E-state index in [1.165, 1.54) is 6.07 Å². The van der Waals surface area contributed by atoms with E-state index in [4.69, 9.17) is 4.42 Å². The summed E-state index contributed by atoms with van der Waals surface area (Å²) < 4.78 is 4.90. The van der Waals surface area contributed by atoms with Crippen molar-refractivity contribution in [1.82, 2.24) is 9.80 Å². The molecule has 1 aliphatic rings. The van der Waals surface area contributed by atoms with Gasteiger partial charge in [-0.15, -0.1) is 0 Å². The Morgan fingerprint density at radius 1 is 1.12 bits per heavy atom. The molecule has 0 spiro atoms. The van der Waals surface area contributed by atoms with Gasteiger partial charge in [0.25, 0.3) is 11.8 Å². The molecule has 9 nitrogen and oxygen atoms in total. The third-order valence-electron chi connectivity index (χ3n) is 4.19. The van der Waals surface area contributed by atoms with Gasteiger partial charge in [0, 0.05) is 26.2 Å². The molecule has 1 aliphatic heterocycles. The monoisotopic (exact) mass is 358 g/mol. The van der Waals surface area contributed by atoms with Gasteiger partial charge in [-0.1, -0.05) is 12.1 Å². The molecular weight excluding hydrogens is 340 g/mol. The van der Waals surface area contributed by atoms with Crippen molar-refractivity contribution in [3.05, 3.63) is 57.8 Å². The number of nitrogens with zero attached hydrogens (tertiary/aromatic N) is 3. The molecule has 0 bridgehead atoms. The van der Waals surface area contributed by atoms with Gasteiger partial charge in [0.05, 0.1) is 17.3 Å². The summed E-state index contributed by atoms with van der Waals surface area (Å²) in [6.45, 7) is 2.80. The number of anilines is 1. The van der Waals surface area contributed by atoms with E-state index in [0.717, 1.165) is 19.2 Å². The van der Waals surface area contributed by atoms with E-state index in [2.05, 4.69) is 10.2 Å². The van der Waals surface area contributed by atoms with Crippen molar-refractivity contribution < 1.29 is 18.9 Å². The molecule has 0 radical (unpaired) electrons. The average molecular weight is 358 g/mol. The number of benzene rings is 1. The topological polar surface area (TPSA) is 109 Å². The molecule has 1 aromatic carbocycles. The average Bonchev–Trinajstić information content (AvgIpc) is 3.13. The first-order valence-corrected chi connectivity index (χ1v) is 8.08. The molecule has 3 rings (SSSR count). The summed E-state index contributed by atoms with van der Waals surface area (Å²) in [5, 5.41) is 13.3. The van der Waals surface area contributed by atoms with Crippen molar-refractivity contribution in [1.29, 1.82) is 0 Å². The molecule has 26 heavy (non-hydrogen) atoms. The number of para-hydroxylation sites is 1. The molecule has 0 atom stereocenters. The summed E-state index contributed by atoms with van der Waals surface area (Å²) >= 11 is 0. The van der Waals surface area contributed by atoms with Crippen molar-refractivity contribution in [2.45, 2.75) is 0 Å². The van der Waals surface area contributed by atoms with E-state index in [1.807, 2.05) is 7.05 Å². The summed E-state index contributed by atoms with van der Waals surface area (Å²) in [5.41, 5.74) is 0.701. The SMILES string of the molecule is CN1CCN(C(=O)c2ccccc2NC(=O)c2ccc([N+](=O)[O-])o2)CC1. The number of hydrogen-bond donors (Lipinski definition) is 1. The summed E-state index contributed by atoms with van der Waals surface area (Å²) in [6.07, 6.45) is 0. The van der Waals surface area contributed by atoms with Crippen molar-refractivity contribution in [2.75, 3.05) is 38.5 Å². The lowest BCUT2D eigenvalue weighted by atomic mass is 10.1. The molecule has 9 heteroatoms. The van der Waals surface area contributed by atoms with Gasteiger partial charge in [0.2, 0.25) is 0 Å². The van der Waals surface area contributed by atoms with Gasteiger partial charge in [-0.25, -0.2) is 0 Å². The standard InChI is InChI=1S/C17H18N4O5/c1-19-8-10-20(11-9-19)17(23)12-4-2-3-5-13(12)18-16(22)14-6-7-15(26-14)21(24)25/h2-7H,8-11H2,1H3,(H,18,22). The second-order valence-electron chi connectivity index (χ2n) is 5.99. The Kier molecular flexibility index (Phi) is 4.99. The van der Waals surface area contributed by atoms with E-state index >= 15 is 0 Å². The lowest BCUT2D eigenvalue weighted by Gasteiger charge is -2.32. The zero-order chi connectivity index (χ0) is 18.7. The van der Waals surface area contributed by atoms with Crippen LogP contribution in [0.25, 0.3) is 0 Å². The Morgan fingerprint density at radius 2 is 1.81 bits per heavy atom. The van der Waals surface area contributed by atoms with Crippen molar-refractivity contribution in [3.63, 3.8) is 0 Å². The van der Waals surface area contributed by atoms with Crippen LogP contribution in [0.4, 0.5) is 11.6 Å². The molecule has 0 saturated carbocycles. The molecule has 0 aliphatic carbocycles. The van der Waals surface area contributed by atoms with E-state index in [9.17, 15) is 19.7 Å². The van der Waals surface area contributed by atoms with Gasteiger partial charge in [-0.2, -0.15) is 0 Å². The number of carbonyl (C=O) groups is 2. The van der Waals surface area contributed by atoms with Crippen LogP contribution in [0.5, 0.6) is 0 Å². The zero-order valence-corrected chi connectivity index (χ0v) is 14.2. The van der Waals surface area contributed by atoms with Gasteiger partial charge in [-0.3, -0.25) is 19.7 Å². The van der Waals surface area contributed by atoms with Crippen molar-refractivity contribution in [2.24, 2.45) is 0 Å². The highest BCUT2D eigenvalue weighted by atomic mass is 16.6. The number of likely N-dealkylation sites (N-methyl/N-ethyl adjacent to an activating group) is 1. The third kappa shape index (κ3) is 3.72. The molecule has 1 N–H and O–H groups in total. The van der Waals surface area contributed by atoms with Crippen LogP contribution in [0, 0.1) is 10.1 Å². The lowest BCUT2D eigenvalue weighted by Crippen LogP contribution is -2.47. The van der Waals surface area contributed by atoms with Gasteiger partial charge in [0.15, 0.2) is 5.76 Å². The number of piperazine rings is 1. The molecule has 1 fully saturated rings. The summed E-state index contributed by atoms with van der Waals surface area (Å²) in [4.78, 5) is 38.9. The van der Waals surface area contributed by atoms with Gasteiger partial charge < -0.3 is 19.5 Å². The van der Waals surface area contributed by atoms with Crippen LogP contribution < -0.4 is 5.32 Å². The van der Waals surface area contributed by atoms with Crippen LogP contribution in [-0.2, 0) is 0 Å². The second-order valence-corrected chi connectivity index (χ2v) is 5.99. The van der Waals surface area contributed by atoms with Gasteiger partial charge >= 0.3 is 5.88 Å². The maximum atomic E-state index is 12.8. The van der Waals surface area contributed by atoms with Crippen LogP contribution in [-0.4, -0.2) is 59.8 Å². The van der Waals surface area contributed by atoms with Crippen LogP contribution in [0.3, 0.4) is 0 Å². The fourth-order valence-corrected chi connectivity index (χ4v) is 2.69. The first-order chi connectivity index (χ1) is 12.5. The van der Waals surface area contributed by atoms with E-state index < -0.39 is 16.7 Å². The maximum absolute atomic E-state index is 12.8. The van der Waals surface area contributed by atoms with Crippen LogP contribution in [0.1, 0.15) is 20.9 Å². The second kappa shape index (κ2) is 7.36. The quantitative estimate of drug-likeness (QED) is 0.660. The highest BCUT2D eigenvalue weighted by Crippen LogP contribution is 2.21. The predicted molar refractivity (Wildman–Crippen MR) is 93.2 cm³/mol. The largest absolute Gasteiger partial charge is 0.433 e. The van der Waals surface area contributed by atoms with Crippen LogP contribution >= 0.6 is 0 Å². The van der Waals surface area contributed by atoms with E-state index in [-0.39, 0.29) is 11.7 Å². The van der Waals surface area contributed by atoms with Gasteiger partial charge in [-0.05, 0) is 25.2 Å². The number of hydrogen-bond acceptors (Lipinski definition) is 6. The molecule has 136 valence electrons. The number of nitrogens with one attached hydrogen (secondary N) is 1. The molecule has 0 unspecified atom stereocenters. The fourth-order valence-electron chi connectivity index (χ4n) is 2.69. The molecule has 2 heterocycles. The molecule has 1 aromatic heterocycles. The molecule has 2 amide bonds. The Labute approximate surface area is 149 Å². The Hall–Kier alpha value is -3.20. The van der Waals surface area contributed by atoms with Crippen molar-refractivity contribution >= 4 is 23.4 Å². The molecule has 2 aromatic rings. The van der Waals surface area contributed by atoms with Crippen molar-refractivity contribution in [3.8, 4) is 0 Å². The first-order valence-electron chi connectivity index (χ1n) is 8.08. The maximum Gasteiger partial charge on any atom is 0.433 e. The van der Waals surface area contributed by atoms with E-state index in [0.29, 0.717) is 24.3 Å². The van der Waals surface area contributed by atoms with Crippen LogP contribution in [0.15, 0.2) is 40.8 Å². The minimum absolute atomic E-state index is 0.167. The summed E-state index contributed by atoms with van der Waals surface area (Å²) in [5.74, 6) is -1.54. The number of carbonyl (C=O) groups excluding carboxylic acids is 2. The highest BCUT2D eigenvalue weighted by molar-refractivity contribution is 6.08. The normalized spacial score (nSPS) is 14.9. The third-order valence-corrected chi connectivity index (χ3v) is 4.19. The van der Waals surface area contributed by atoms with E-state index in [1.54, 1.807) is 29.2 Å². The minimum atomic E-state index is -0.721. The summed E-state index contributed by atoms with van der Waals surface area (Å²) in [7, 11) is 2.00. The number of rotatable bonds is 4. The lowest BCUT2D eigenvalue weighted by molar-refractivity contribution is -0.402. The smallest absolute Gasteiger partial charge is 0.395 e. The Morgan fingerprint density at radius 3 is 2.46 bits per heavy atom. The fraction of sp³-hybridized carbons (Fsp3) is 0.294. The van der Waals surface area contributed by atoms with Crippen LogP contribution in [0.2, 0.25) is 0 Å². The predicted octanol–water partition coefficient (Wildman–Crippen LogP) is 1.83. The first kappa shape index (κ1) is 17.6. The number of amides is 2. The molecule has 1 saturated heterocycles. The Bertz CT molecular complexity index is 839.